The van der Waals surface area contributed by atoms with Gasteiger partial charge in [-0.05, 0) is 33.4 Å². The van der Waals surface area contributed by atoms with Crippen molar-refractivity contribution in [2.24, 2.45) is 0 Å². The van der Waals surface area contributed by atoms with Crippen molar-refractivity contribution in [2.45, 2.75) is 44.0 Å². The van der Waals surface area contributed by atoms with Crippen molar-refractivity contribution in [1.82, 2.24) is 10.2 Å². The topological polar surface area (TPSA) is 32.3 Å². The zero-order valence-electron chi connectivity index (χ0n) is 10.3. The Morgan fingerprint density at radius 3 is 2.73 bits per heavy atom. The monoisotopic (exact) mass is 232 g/mol. The number of likely N-dealkylation sites (tertiary alicyclic amines) is 1. The number of nitrogens with zero attached hydrogens (tertiary/aromatic N) is 1. The lowest BCUT2D eigenvalue weighted by molar-refractivity contribution is 0.326. The Kier molecular flexibility index (Phi) is 5.23. The molecule has 4 atom stereocenters. The predicted molar refractivity (Wildman–Crippen MR) is 66.6 cm³/mol. The molecule has 0 aromatic heterocycles. The molecule has 1 heterocycles. The number of rotatable bonds is 5. The largest absolute Gasteiger partial charge is 0.313 e. The molecule has 0 aromatic rings. The molecule has 0 aromatic carbocycles. The van der Waals surface area contributed by atoms with E-state index < -0.39 is 10.8 Å². The van der Waals surface area contributed by atoms with Crippen LogP contribution in [0.15, 0.2) is 0 Å². The number of hydrogen-bond donors (Lipinski definition) is 1. The summed E-state index contributed by atoms with van der Waals surface area (Å²) < 4.78 is 11.2. The van der Waals surface area contributed by atoms with Crippen LogP contribution in [0, 0.1) is 0 Å². The van der Waals surface area contributed by atoms with Gasteiger partial charge in [-0.2, -0.15) is 0 Å². The molecule has 15 heavy (non-hydrogen) atoms. The molecule has 4 unspecified atom stereocenters. The average molecular weight is 232 g/mol. The molecule has 3 nitrogen and oxygen atoms in total. The molecule has 0 radical (unpaired) electrons. The summed E-state index contributed by atoms with van der Waals surface area (Å²) in [6.45, 7) is 6.46. The summed E-state index contributed by atoms with van der Waals surface area (Å²) in [6.07, 6.45) is 4.04. The Hall–Kier alpha value is 0.0700. The van der Waals surface area contributed by atoms with Crippen LogP contribution in [0.3, 0.4) is 0 Å². The Balaban J connectivity index is 2.14. The van der Waals surface area contributed by atoms with Gasteiger partial charge >= 0.3 is 0 Å². The first-order valence-corrected chi connectivity index (χ1v) is 7.38. The molecule has 0 saturated carbocycles. The number of hydrogen-bond acceptors (Lipinski definition) is 3. The van der Waals surface area contributed by atoms with E-state index in [1.807, 2.05) is 0 Å². The van der Waals surface area contributed by atoms with E-state index in [0.29, 0.717) is 17.3 Å². The maximum atomic E-state index is 11.2. The number of likely N-dealkylation sites (N-methyl/N-ethyl adjacent to an activating group) is 1. The van der Waals surface area contributed by atoms with Crippen molar-refractivity contribution >= 4 is 10.8 Å². The zero-order chi connectivity index (χ0) is 11.4. The van der Waals surface area contributed by atoms with Crippen molar-refractivity contribution < 1.29 is 4.21 Å². The van der Waals surface area contributed by atoms with Gasteiger partial charge in [-0.15, -0.1) is 0 Å². The van der Waals surface area contributed by atoms with Crippen LogP contribution in [0.4, 0.5) is 0 Å². The quantitative estimate of drug-likeness (QED) is 0.762. The first kappa shape index (κ1) is 13.1. The maximum absolute atomic E-state index is 11.2. The van der Waals surface area contributed by atoms with Gasteiger partial charge in [-0.3, -0.25) is 4.21 Å². The van der Waals surface area contributed by atoms with E-state index in [1.165, 1.54) is 6.42 Å². The molecule has 1 rings (SSSR count). The van der Waals surface area contributed by atoms with E-state index in [0.717, 1.165) is 19.5 Å². The van der Waals surface area contributed by atoms with E-state index >= 15 is 0 Å². The minimum absolute atomic E-state index is 0.314. The highest BCUT2D eigenvalue weighted by Crippen LogP contribution is 2.14. The average Bonchev–Trinajstić information content (AvgIpc) is 2.46. The highest BCUT2D eigenvalue weighted by Gasteiger charge is 2.25. The SMILES string of the molecule is CC1CC(NCCC(C)S(C)=O)CN1C. The fraction of sp³-hybridized carbons (Fsp3) is 1.00. The van der Waals surface area contributed by atoms with Gasteiger partial charge in [-0.25, -0.2) is 0 Å². The lowest BCUT2D eigenvalue weighted by atomic mass is 10.2. The van der Waals surface area contributed by atoms with Gasteiger partial charge in [0, 0.05) is 40.9 Å². The fourth-order valence-electron chi connectivity index (χ4n) is 2.00. The molecular weight excluding hydrogens is 208 g/mol. The van der Waals surface area contributed by atoms with Gasteiger partial charge < -0.3 is 10.2 Å². The third kappa shape index (κ3) is 4.21. The van der Waals surface area contributed by atoms with Crippen LogP contribution in [0.5, 0.6) is 0 Å². The van der Waals surface area contributed by atoms with E-state index in [-0.39, 0.29) is 0 Å². The molecule has 4 heteroatoms. The Morgan fingerprint density at radius 2 is 2.27 bits per heavy atom. The van der Waals surface area contributed by atoms with Crippen molar-refractivity contribution in [3.63, 3.8) is 0 Å². The first-order chi connectivity index (χ1) is 7.00. The lowest BCUT2D eigenvalue weighted by Crippen LogP contribution is -2.33. The van der Waals surface area contributed by atoms with E-state index in [4.69, 9.17) is 0 Å². The summed E-state index contributed by atoms with van der Waals surface area (Å²) in [5, 5.41) is 3.87. The van der Waals surface area contributed by atoms with Gasteiger partial charge in [0.25, 0.3) is 0 Å². The van der Waals surface area contributed by atoms with Gasteiger partial charge in [0.2, 0.25) is 0 Å². The second-order valence-electron chi connectivity index (χ2n) is 4.77. The van der Waals surface area contributed by atoms with E-state index in [2.05, 4.69) is 31.1 Å². The van der Waals surface area contributed by atoms with Gasteiger partial charge in [0.15, 0.2) is 0 Å². The molecule has 1 saturated heterocycles. The Labute approximate surface area is 96.1 Å². The zero-order valence-corrected chi connectivity index (χ0v) is 11.1. The molecule has 0 aliphatic carbocycles. The van der Waals surface area contributed by atoms with Crippen LogP contribution in [-0.4, -0.2) is 52.8 Å². The summed E-state index contributed by atoms with van der Waals surface area (Å²) >= 11 is 0. The predicted octanol–water partition coefficient (Wildman–Crippen LogP) is 0.826. The van der Waals surface area contributed by atoms with Gasteiger partial charge in [-0.1, -0.05) is 6.92 Å². The summed E-state index contributed by atoms with van der Waals surface area (Å²) in [7, 11) is 1.50. The third-order valence-corrected chi connectivity index (χ3v) is 4.81. The lowest BCUT2D eigenvalue weighted by Gasteiger charge is -2.14. The second kappa shape index (κ2) is 5.97. The second-order valence-corrected chi connectivity index (χ2v) is 6.58. The Bertz CT molecular complexity index is 213. The minimum Gasteiger partial charge on any atom is -0.313 e. The minimum atomic E-state index is -0.678. The molecule has 0 bridgehead atoms. The van der Waals surface area contributed by atoms with Crippen molar-refractivity contribution in [3.8, 4) is 0 Å². The normalized spacial score (nSPS) is 31.7. The first-order valence-electron chi connectivity index (χ1n) is 5.76. The molecule has 1 fully saturated rings. The van der Waals surface area contributed by atoms with Crippen molar-refractivity contribution in [3.05, 3.63) is 0 Å². The third-order valence-electron chi connectivity index (χ3n) is 3.44. The van der Waals surface area contributed by atoms with Crippen LogP contribution < -0.4 is 5.32 Å². The van der Waals surface area contributed by atoms with Crippen LogP contribution in [0.25, 0.3) is 0 Å². The van der Waals surface area contributed by atoms with Gasteiger partial charge in [0.1, 0.15) is 0 Å². The summed E-state index contributed by atoms with van der Waals surface area (Å²) in [4.78, 5) is 2.39. The van der Waals surface area contributed by atoms with Crippen LogP contribution in [-0.2, 0) is 10.8 Å². The molecule has 0 spiro atoms. The Morgan fingerprint density at radius 1 is 1.60 bits per heavy atom. The standard InChI is InChI=1S/C11H24N2OS/c1-9-7-11(8-13(9)3)12-6-5-10(2)15(4)14/h9-12H,5-8H2,1-4H3. The van der Waals surface area contributed by atoms with E-state index in [1.54, 1.807) is 6.26 Å². The molecular formula is C11H24N2OS. The molecule has 1 N–H and O–H groups in total. The van der Waals surface area contributed by atoms with Crippen LogP contribution in [0.2, 0.25) is 0 Å². The smallest absolute Gasteiger partial charge is 0.0329 e. The molecule has 1 aliphatic heterocycles. The highest BCUT2D eigenvalue weighted by atomic mass is 32.2. The summed E-state index contributed by atoms with van der Waals surface area (Å²) in [5.41, 5.74) is 0. The maximum Gasteiger partial charge on any atom is 0.0329 e. The van der Waals surface area contributed by atoms with E-state index in [9.17, 15) is 4.21 Å². The molecule has 1 aliphatic rings. The summed E-state index contributed by atoms with van der Waals surface area (Å²) in [5.74, 6) is 0. The highest BCUT2D eigenvalue weighted by molar-refractivity contribution is 7.84. The number of nitrogens with one attached hydrogen (secondary N) is 1. The van der Waals surface area contributed by atoms with Crippen LogP contribution in [0.1, 0.15) is 26.7 Å². The molecule has 0 amide bonds. The van der Waals surface area contributed by atoms with Gasteiger partial charge in [0.05, 0.1) is 0 Å². The van der Waals surface area contributed by atoms with Crippen molar-refractivity contribution in [2.75, 3.05) is 26.4 Å². The van der Waals surface area contributed by atoms with Crippen LogP contribution >= 0.6 is 0 Å². The molecule has 90 valence electrons. The fourth-order valence-corrected chi connectivity index (χ4v) is 2.45. The van der Waals surface area contributed by atoms with Crippen molar-refractivity contribution in [1.29, 1.82) is 0 Å². The summed E-state index contributed by atoms with van der Waals surface area (Å²) in [6, 6.07) is 1.32.